The van der Waals surface area contributed by atoms with E-state index in [-0.39, 0.29) is 0 Å². The molecule has 1 unspecified atom stereocenters. The molecule has 0 aliphatic carbocycles. The van der Waals surface area contributed by atoms with Gasteiger partial charge in [-0.05, 0) is 50.1 Å². The first-order chi connectivity index (χ1) is 8.29. The Kier molecular flexibility index (Phi) is 4.00. The molecule has 1 saturated heterocycles. The highest BCUT2D eigenvalue weighted by Gasteiger charge is 2.12. The second-order valence-corrected chi connectivity index (χ2v) is 4.67. The minimum Gasteiger partial charge on any atom is -0.383 e. The fraction of sp³-hybridized carbons (Fsp3) is 0.500. The number of nitrogens with one attached hydrogen (secondary N) is 2. The molecule has 0 bridgehead atoms. The van der Waals surface area contributed by atoms with Crippen molar-refractivity contribution >= 4 is 5.69 Å². The van der Waals surface area contributed by atoms with Crippen LogP contribution in [0, 0.1) is 18.3 Å². The molecule has 1 aliphatic rings. The van der Waals surface area contributed by atoms with Gasteiger partial charge in [0.2, 0.25) is 0 Å². The summed E-state index contributed by atoms with van der Waals surface area (Å²) in [6, 6.07) is 8.53. The van der Waals surface area contributed by atoms with Gasteiger partial charge in [0.1, 0.15) is 0 Å². The van der Waals surface area contributed by atoms with Gasteiger partial charge in [-0.25, -0.2) is 0 Å². The summed E-state index contributed by atoms with van der Waals surface area (Å²) in [5.74, 6) is 0. The Bertz CT molecular complexity index is 414. The molecule has 17 heavy (non-hydrogen) atoms. The first-order valence-corrected chi connectivity index (χ1v) is 6.27. The molecule has 1 atom stereocenters. The summed E-state index contributed by atoms with van der Waals surface area (Å²) in [6.45, 7) is 4.14. The summed E-state index contributed by atoms with van der Waals surface area (Å²) in [7, 11) is 0. The normalized spacial score (nSPS) is 19.6. The Morgan fingerprint density at radius 3 is 3.00 bits per heavy atom. The van der Waals surface area contributed by atoms with Crippen LogP contribution in [0.5, 0.6) is 0 Å². The van der Waals surface area contributed by atoms with E-state index >= 15 is 0 Å². The Morgan fingerprint density at radius 1 is 1.47 bits per heavy atom. The lowest BCUT2D eigenvalue weighted by molar-refractivity contribution is 0.414. The second-order valence-electron chi connectivity index (χ2n) is 4.67. The molecule has 0 spiro atoms. The summed E-state index contributed by atoms with van der Waals surface area (Å²) < 4.78 is 0. The first kappa shape index (κ1) is 11.9. The molecule has 0 aromatic heterocycles. The van der Waals surface area contributed by atoms with Crippen LogP contribution >= 0.6 is 0 Å². The number of hydrogen-bond acceptors (Lipinski definition) is 3. The maximum absolute atomic E-state index is 8.81. The zero-order valence-corrected chi connectivity index (χ0v) is 10.3. The van der Waals surface area contributed by atoms with Gasteiger partial charge in [0.25, 0.3) is 0 Å². The van der Waals surface area contributed by atoms with E-state index in [1.165, 1.54) is 19.3 Å². The molecule has 0 saturated carbocycles. The highest BCUT2D eigenvalue weighted by atomic mass is 15.0. The predicted molar refractivity (Wildman–Crippen MR) is 70.0 cm³/mol. The number of hydrogen-bond donors (Lipinski definition) is 2. The zero-order valence-electron chi connectivity index (χ0n) is 10.3. The number of rotatable bonds is 3. The van der Waals surface area contributed by atoms with Crippen molar-refractivity contribution in [1.82, 2.24) is 5.32 Å². The van der Waals surface area contributed by atoms with Crippen LogP contribution in [-0.4, -0.2) is 19.1 Å². The van der Waals surface area contributed by atoms with Crippen molar-refractivity contribution < 1.29 is 0 Å². The third-order valence-corrected chi connectivity index (χ3v) is 3.31. The molecular weight excluding hydrogens is 210 g/mol. The molecule has 1 aromatic rings. The molecule has 1 fully saturated rings. The minimum atomic E-state index is 0.582. The maximum Gasteiger partial charge on any atom is 0.0991 e. The van der Waals surface area contributed by atoms with Gasteiger partial charge in [-0.15, -0.1) is 0 Å². The van der Waals surface area contributed by atoms with E-state index in [1.807, 2.05) is 25.1 Å². The molecule has 1 heterocycles. The van der Waals surface area contributed by atoms with Gasteiger partial charge in [0.05, 0.1) is 11.6 Å². The minimum absolute atomic E-state index is 0.582. The monoisotopic (exact) mass is 229 g/mol. The number of anilines is 1. The van der Waals surface area contributed by atoms with Gasteiger partial charge in [0, 0.05) is 18.3 Å². The van der Waals surface area contributed by atoms with Crippen LogP contribution < -0.4 is 10.6 Å². The van der Waals surface area contributed by atoms with Gasteiger partial charge in [-0.1, -0.05) is 6.42 Å². The molecule has 1 aliphatic heterocycles. The molecular formula is C14H19N3. The van der Waals surface area contributed by atoms with Crippen molar-refractivity contribution in [2.75, 3.05) is 18.4 Å². The average Bonchev–Trinajstić information content (AvgIpc) is 2.38. The van der Waals surface area contributed by atoms with Crippen LogP contribution in [-0.2, 0) is 0 Å². The van der Waals surface area contributed by atoms with Crippen molar-refractivity contribution in [1.29, 1.82) is 5.26 Å². The van der Waals surface area contributed by atoms with Crippen molar-refractivity contribution in [2.24, 2.45) is 0 Å². The number of benzene rings is 1. The Balaban J connectivity index is 1.92. The Labute approximate surface area is 103 Å². The highest BCUT2D eigenvalue weighted by molar-refractivity contribution is 5.54. The number of aryl methyl sites for hydroxylation is 1. The maximum atomic E-state index is 8.81. The van der Waals surface area contributed by atoms with E-state index in [0.29, 0.717) is 6.04 Å². The second kappa shape index (κ2) is 5.70. The average molecular weight is 229 g/mol. The van der Waals surface area contributed by atoms with Crippen molar-refractivity contribution in [3.63, 3.8) is 0 Å². The third-order valence-electron chi connectivity index (χ3n) is 3.31. The Hall–Kier alpha value is -1.53. The molecule has 3 heteroatoms. The summed E-state index contributed by atoms with van der Waals surface area (Å²) in [6.07, 6.45) is 3.88. The van der Waals surface area contributed by atoms with E-state index in [1.54, 1.807) is 0 Å². The summed E-state index contributed by atoms with van der Waals surface area (Å²) >= 11 is 0. The van der Waals surface area contributed by atoms with Crippen LogP contribution in [0.3, 0.4) is 0 Å². The lowest BCUT2D eigenvalue weighted by Crippen LogP contribution is -2.39. The van der Waals surface area contributed by atoms with E-state index < -0.39 is 0 Å². The van der Waals surface area contributed by atoms with Crippen molar-refractivity contribution in [2.45, 2.75) is 32.2 Å². The van der Waals surface area contributed by atoms with Gasteiger partial charge < -0.3 is 10.6 Å². The van der Waals surface area contributed by atoms with Crippen molar-refractivity contribution in [3.05, 3.63) is 29.3 Å². The van der Waals surface area contributed by atoms with Gasteiger partial charge in [-0.3, -0.25) is 0 Å². The predicted octanol–water partition coefficient (Wildman–Crippen LogP) is 2.42. The van der Waals surface area contributed by atoms with Crippen LogP contribution in [0.1, 0.15) is 30.4 Å². The fourth-order valence-electron chi connectivity index (χ4n) is 2.26. The molecule has 2 rings (SSSR count). The molecule has 2 N–H and O–H groups in total. The quantitative estimate of drug-likeness (QED) is 0.836. The highest BCUT2D eigenvalue weighted by Crippen LogP contribution is 2.17. The topological polar surface area (TPSA) is 47.9 Å². The zero-order chi connectivity index (χ0) is 12.1. The van der Waals surface area contributed by atoms with Gasteiger partial charge >= 0.3 is 0 Å². The van der Waals surface area contributed by atoms with E-state index in [4.69, 9.17) is 5.26 Å². The first-order valence-electron chi connectivity index (χ1n) is 6.27. The number of piperidine rings is 1. The summed E-state index contributed by atoms with van der Waals surface area (Å²) in [4.78, 5) is 0. The number of nitriles is 1. The van der Waals surface area contributed by atoms with E-state index in [2.05, 4.69) is 16.7 Å². The van der Waals surface area contributed by atoms with Crippen LogP contribution in [0.4, 0.5) is 5.69 Å². The largest absolute Gasteiger partial charge is 0.383 e. The summed E-state index contributed by atoms with van der Waals surface area (Å²) in [5.41, 5.74) is 3.00. The molecule has 3 nitrogen and oxygen atoms in total. The van der Waals surface area contributed by atoms with E-state index in [9.17, 15) is 0 Å². The molecule has 1 aromatic carbocycles. The van der Waals surface area contributed by atoms with Crippen LogP contribution in [0.2, 0.25) is 0 Å². The fourth-order valence-corrected chi connectivity index (χ4v) is 2.26. The van der Waals surface area contributed by atoms with E-state index in [0.717, 1.165) is 29.9 Å². The SMILES string of the molecule is Cc1cc(C#N)ccc1NCC1CCCCN1. The summed E-state index contributed by atoms with van der Waals surface area (Å²) in [5, 5.41) is 15.8. The van der Waals surface area contributed by atoms with Crippen molar-refractivity contribution in [3.8, 4) is 6.07 Å². The lowest BCUT2D eigenvalue weighted by atomic mass is 10.0. The lowest BCUT2D eigenvalue weighted by Gasteiger charge is -2.24. The number of nitrogens with zero attached hydrogens (tertiary/aromatic N) is 1. The smallest absolute Gasteiger partial charge is 0.0991 e. The molecule has 0 amide bonds. The molecule has 0 radical (unpaired) electrons. The third kappa shape index (κ3) is 3.21. The van der Waals surface area contributed by atoms with Gasteiger partial charge in [0.15, 0.2) is 0 Å². The standard InChI is InChI=1S/C14H19N3/c1-11-8-12(9-15)5-6-14(11)17-10-13-4-2-3-7-16-13/h5-6,8,13,16-17H,2-4,7,10H2,1H3. The van der Waals surface area contributed by atoms with Gasteiger partial charge in [-0.2, -0.15) is 5.26 Å². The Morgan fingerprint density at radius 2 is 2.35 bits per heavy atom. The van der Waals surface area contributed by atoms with Crippen LogP contribution in [0.15, 0.2) is 18.2 Å². The van der Waals surface area contributed by atoms with Crippen LogP contribution in [0.25, 0.3) is 0 Å². The molecule has 90 valence electrons.